The van der Waals surface area contributed by atoms with Crippen molar-refractivity contribution in [3.63, 3.8) is 0 Å². The Kier molecular flexibility index (Phi) is 6.79. The van der Waals surface area contributed by atoms with Gasteiger partial charge in [-0.15, -0.1) is 6.58 Å². The lowest BCUT2D eigenvalue weighted by molar-refractivity contribution is 0.0454. The molecular formula is C17H24O4. The SMILES string of the molecule is C=CCCc1cc(OC)cc(OC)c1C(=O)OCC(C)C. The highest BCUT2D eigenvalue weighted by atomic mass is 16.5. The molecule has 0 heterocycles. The predicted molar refractivity (Wildman–Crippen MR) is 83.2 cm³/mol. The highest BCUT2D eigenvalue weighted by molar-refractivity contribution is 5.94. The minimum atomic E-state index is -0.359. The molecule has 0 aliphatic carbocycles. The summed E-state index contributed by atoms with van der Waals surface area (Å²) in [6, 6.07) is 3.54. The molecule has 0 unspecified atom stereocenters. The minimum Gasteiger partial charge on any atom is -0.497 e. The number of carbonyl (C=O) groups is 1. The Bertz CT molecular complexity index is 492. The fourth-order valence-corrected chi connectivity index (χ4v) is 1.92. The normalized spacial score (nSPS) is 10.3. The third kappa shape index (κ3) is 4.81. The molecule has 0 radical (unpaired) electrons. The number of ether oxygens (including phenoxy) is 3. The summed E-state index contributed by atoms with van der Waals surface area (Å²) in [6.45, 7) is 8.09. The van der Waals surface area contributed by atoms with Crippen molar-refractivity contribution in [3.8, 4) is 11.5 Å². The molecule has 4 nitrogen and oxygen atoms in total. The first-order chi connectivity index (χ1) is 10.0. The summed E-state index contributed by atoms with van der Waals surface area (Å²) in [6.07, 6.45) is 3.26. The summed E-state index contributed by atoms with van der Waals surface area (Å²) in [7, 11) is 3.12. The van der Waals surface area contributed by atoms with E-state index in [0.29, 0.717) is 30.1 Å². The molecule has 0 fully saturated rings. The number of esters is 1. The number of rotatable bonds is 8. The van der Waals surface area contributed by atoms with Crippen LogP contribution in [0.2, 0.25) is 0 Å². The molecule has 0 atom stereocenters. The maximum atomic E-state index is 12.3. The monoisotopic (exact) mass is 292 g/mol. The second-order valence-electron chi connectivity index (χ2n) is 5.18. The Hall–Kier alpha value is -1.97. The van der Waals surface area contributed by atoms with Gasteiger partial charge in [-0.05, 0) is 30.4 Å². The predicted octanol–water partition coefficient (Wildman–Crippen LogP) is 3.64. The summed E-state index contributed by atoms with van der Waals surface area (Å²) in [5, 5.41) is 0. The van der Waals surface area contributed by atoms with Crippen molar-refractivity contribution in [2.75, 3.05) is 20.8 Å². The van der Waals surface area contributed by atoms with Crippen LogP contribution in [0.15, 0.2) is 24.8 Å². The minimum absolute atomic E-state index is 0.287. The fourth-order valence-electron chi connectivity index (χ4n) is 1.92. The van der Waals surface area contributed by atoms with E-state index in [0.717, 1.165) is 12.0 Å². The smallest absolute Gasteiger partial charge is 0.342 e. The van der Waals surface area contributed by atoms with Crippen molar-refractivity contribution in [1.29, 1.82) is 0 Å². The average molecular weight is 292 g/mol. The first kappa shape index (κ1) is 17.1. The van der Waals surface area contributed by atoms with E-state index in [9.17, 15) is 4.79 Å². The van der Waals surface area contributed by atoms with Crippen LogP contribution in [0.1, 0.15) is 36.2 Å². The Balaban J connectivity index is 3.17. The molecular weight excluding hydrogens is 268 g/mol. The topological polar surface area (TPSA) is 44.8 Å². The molecule has 4 heteroatoms. The van der Waals surface area contributed by atoms with Gasteiger partial charge in [-0.2, -0.15) is 0 Å². The number of carbonyl (C=O) groups excluding carboxylic acids is 1. The van der Waals surface area contributed by atoms with Gasteiger partial charge >= 0.3 is 5.97 Å². The van der Waals surface area contributed by atoms with Crippen LogP contribution < -0.4 is 9.47 Å². The molecule has 1 rings (SSSR count). The Labute approximate surface area is 126 Å². The molecule has 21 heavy (non-hydrogen) atoms. The molecule has 0 aromatic heterocycles. The van der Waals surface area contributed by atoms with Crippen molar-refractivity contribution in [1.82, 2.24) is 0 Å². The zero-order chi connectivity index (χ0) is 15.8. The number of allylic oxidation sites excluding steroid dienone is 1. The number of hydrogen-bond acceptors (Lipinski definition) is 4. The van der Waals surface area contributed by atoms with Crippen molar-refractivity contribution in [2.45, 2.75) is 26.7 Å². The van der Waals surface area contributed by atoms with Crippen LogP contribution in [0.5, 0.6) is 11.5 Å². The molecule has 0 bridgehead atoms. The second kappa shape index (κ2) is 8.35. The van der Waals surface area contributed by atoms with Gasteiger partial charge in [-0.3, -0.25) is 0 Å². The zero-order valence-corrected chi connectivity index (χ0v) is 13.3. The number of methoxy groups -OCH3 is 2. The molecule has 0 spiro atoms. The van der Waals surface area contributed by atoms with Crippen LogP contribution >= 0.6 is 0 Å². The van der Waals surface area contributed by atoms with Crippen LogP contribution in [0.25, 0.3) is 0 Å². The van der Waals surface area contributed by atoms with Gasteiger partial charge in [0.25, 0.3) is 0 Å². The first-order valence-electron chi connectivity index (χ1n) is 7.06. The lowest BCUT2D eigenvalue weighted by Gasteiger charge is -2.15. The molecule has 0 saturated heterocycles. The Morgan fingerprint density at radius 3 is 2.52 bits per heavy atom. The van der Waals surface area contributed by atoms with Crippen molar-refractivity contribution < 1.29 is 19.0 Å². The van der Waals surface area contributed by atoms with Crippen LogP contribution in [-0.2, 0) is 11.2 Å². The highest BCUT2D eigenvalue weighted by Gasteiger charge is 2.20. The van der Waals surface area contributed by atoms with Crippen LogP contribution in [0.4, 0.5) is 0 Å². The summed E-state index contributed by atoms with van der Waals surface area (Å²) < 4.78 is 15.9. The van der Waals surface area contributed by atoms with E-state index in [1.807, 2.05) is 26.0 Å². The maximum absolute atomic E-state index is 12.3. The third-order valence-corrected chi connectivity index (χ3v) is 2.98. The summed E-state index contributed by atoms with van der Waals surface area (Å²) in [4.78, 5) is 12.3. The molecule has 0 saturated carbocycles. The third-order valence-electron chi connectivity index (χ3n) is 2.98. The summed E-state index contributed by atoms with van der Waals surface area (Å²) in [5.41, 5.74) is 1.32. The average Bonchev–Trinajstić information content (AvgIpc) is 2.49. The van der Waals surface area contributed by atoms with Crippen LogP contribution in [0, 0.1) is 5.92 Å². The van der Waals surface area contributed by atoms with Crippen LogP contribution in [0.3, 0.4) is 0 Å². The lowest BCUT2D eigenvalue weighted by atomic mass is 10.0. The van der Waals surface area contributed by atoms with E-state index < -0.39 is 0 Å². The van der Waals surface area contributed by atoms with Crippen molar-refractivity contribution >= 4 is 5.97 Å². The molecule has 0 aliphatic rings. The van der Waals surface area contributed by atoms with Gasteiger partial charge in [0.05, 0.1) is 20.8 Å². The van der Waals surface area contributed by atoms with Gasteiger partial charge in [0.1, 0.15) is 17.1 Å². The van der Waals surface area contributed by atoms with Gasteiger partial charge in [0.15, 0.2) is 0 Å². The van der Waals surface area contributed by atoms with E-state index in [4.69, 9.17) is 14.2 Å². The first-order valence-corrected chi connectivity index (χ1v) is 7.06. The van der Waals surface area contributed by atoms with Crippen molar-refractivity contribution in [3.05, 3.63) is 35.9 Å². The maximum Gasteiger partial charge on any atom is 0.342 e. The van der Waals surface area contributed by atoms with E-state index in [1.54, 1.807) is 13.2 Å². The molecule has 0 amide bonds. The highest BCUT2D eigenvalue weighted by Crippen LogP contribution is 2.30. The van der Waals surface area contributed by atoms with E-state index in [-0.39, 0.29) is 11.9 Å². The molecule has 0 N–H and O–H groups in total. The van der Waals surface area contributed by atoms with Crippen molar-refractivity contribution in [2.24, 2.45) is 5.92 Å². The second-order valence-corrected chi connectivity index (χ2v) is 5.18. The van der Waals surface area contributed by atoms with Gasteiger partial charge in [-0.1, -0.05) is 19.9 Å². The summed E-state index contributed by atoms with van der Waals surface area (Å²) in [5.74, 6) is 1.06. The zero-order valence-electron chi connectivity index (χ0n) is 13.3. The van der Waals surface area contributed by atoms with Crippen LogP contribution in [-0.4, -0.2) is 26.8 Å². The fraction of sp³-hybridized carbons (Fsp3) is 0.471. The Morgan fingerprint density at radius 1 is 1.29 bits per heavy atom. The van der Waals surface area contributed by atoms with Gasteiger partial charge in [-0.25, -0.2) is 4.79 Å². The number of benzene rings is 1. The van der Waals surface area contributed by atoms with E-state index in [2.05, 4.69) is 6.58 Å². The van der Waals surface area contributed by atoms with E-state index in [1.165, 1.54) is 7.11 Å². The molecule has 1 aromatic carbocycles. The van der Waals surface area contributed by atoms with Gasteiger partial charge in [0, 0.05) is 6.07 Å². The van der Waals surface area contributed by atoms with Gasteiger partial charge < -0.3 is 14.2 Å². The summed E-state index contributed by atoms with van der Waals surface area (Å²) >= 11 is 0. The molecule has 1 aromatic rings. The standard InChI is InChI=1S/C17H24O4/c1-6-7-8-13-9-14(19-4)10-15(20-5)16(13)17(18)21-11-12(2)3/h6,9-10,12H,1,7-8,11H2,2-5H3. The Morgan fingerprint density at radius 2 is 2.00 bits per heavy atom. The quantitative estimate of drug-likeness (QED) is 0.542. The largest absolute Gasteiger partial charge is 0.497 e. The lowest BCUT2D eigenvalue weighted by Crippen LogP contribution is -2.14. The van der Waals surface area contributed by atoms with Gasteiger partial charge in [0.2, 0.25) is 0 Å². The molecule has 116 valence electrons. The van der Waals surface area contributed by atoms with E-state index >= 15 is 0 Å². The molecule has 0 aliphatic heterocycles. The number of hydrogen-bond donors (Lipinski definition) is 0. The number of aryl methyl sites for hydroxylation is 1.